The Balaban J connectivity index is 1.13. The summed E-state index contributed by atoms with van der Waals surface area (Å²) < 4.78 is 15.8. The van der Waals surface area contributed by atoms with E-state index in [1.165, 1.54) is 21.5 Å². The van der Waals surface area contributed by atoms with Crippen LogP contribution in [0.15, 0.2) is 203 Å². The number of furan rings is 2. The van der Waals surface area contributed by atoms with Gasteiger partial charge in [0.15, 0.2) is 17.5 Å². The second-order valence-electron chi connectivity index (χ2n) is 16.3. The second kappa shape index (κ2) is 12.9. The van der Waals surface area contributed by atoms with Crippen LogP contribution in [0.25, 0.3) is 138 Å². The number of rotatable bonds is 4. The van der Waals surface area contributed by atoms with E-state index in [9.17, 15) is 0 Å². The van der Waals surface area contributed by atoms with Crippen LogP contribution in [0.3, 0.4) is 0 Å². The Morgan fingerprint density at radius 2 is 0.905 bits per heavy atom. The van der Waals surface area contributed by atoms with Gasteiger partial charge in [-0.05, 0) is 69.4 Å². The minimum atomic E-state index is 0.543. The van der Waals surface area contributed by atoms with Crippen LogP contribution in [0, 0.1) is 0 Å². The third-order valence-corrected chi connectivity index (χ3v) is 12.8. The Labute approximate surface area is 358 Å². The smallest absolute Gasteiger partial charge is 0.164 e. The van der Waals surface area contributed by atoms with E-state index in [-0.39, 0.29) is 0 Å². The van der Waals surface area contributed by atoms with Crippen LogP contribution in [0.5, 0.6) is 0 Å². The molecule has 6 heteroatoms. The maximum atomic E-state index is 7.05. The molecule has 0 aliphatic carbocycles. The summed E-state index contributed by atoms with van der Waals surface area (Å²) >= 11 is 0. The summed E-state index contributed by atoms with van der Waals surface area (Å²) in [5.41, 5.74) is 8.95. The molecule has 0 aliphatic heterocycles. The first kappa shape index (κ1) is 34.1. The number of hydrogen-bond acceptors (Lipinski definition) is 5. The van der Waals surface area contributed by atoms with E-state index in [0.717, 1.165) is 98.8 Å². The molecular weight excluding hydrogens is 773 g/mol. The lowest BCUT2D eigenvalue weighted by molar-refractivity contribution is 0.669. The van der Waals surface area contributed by atoms with E-state index in [1.807, 2.05) is 30.3 Å². The topological polar surface area (TPSA) is 69.9 Å². The highest BCUT2D eigenvalue weighted by molar-refractivity contribution is 6.20. The molecule has 0 N–H and O–H groups in total. The Hall–Kier alpha value is -8.61. The number of benzene rings is 10. The van der Waals surface area contributed by atoms with Gasteiger partial charge < -0.3 is 13.4 Å². The summed E-state index contributed by atoms with van der Waals surface area (Å²) in [5, 5.41) is 13.0. The van der Waals surface area contributed by atoms with E-state index in [0.29, 0.717) is 17.5 Å². The van der Waals surface area contributed by atoms with Gasteiger partial charge in [0.1, 0.15) is 22.3 Å². The fourth-order valence-corrected chi connectivity index (χ4v) is 9.98. The Morgan fingerprint density at radius 3 is 1.75 bits per heavy atom. The van der Waals surface area contributed by atoms with Gasteiger partial charge in [-0.25, -0.2) is 15.0 Å². The number of fused-ring (bicyclic) bond motifs is 13. The minimum Gasteiger partial charge on any atom is -0.456 e. The zero-order valence-electron chi connectivity index (χ0n) is 33.6. The number of para-hydroxylation sites is 2. The second-order valence-corrected chi connectivity index (χ2v) is 16.3. The third kappa shape index (κ3) is 5.03. The lowest BCUT2D eigenvalue weighted by atomic mass is 10.0. The van der Waals surface area contributed by atoms with E-state index in [1.54, 1.807) is 0 Å². The quantitative estimate of drug-likeness (QED) is 0.177. The largest absolute Gasteiger partial charge is 0.456 e. The molecule has 0 fully saturated rings. The highest BCUT2D eigenvalue weighted by Gasteiger charge is 2.24. The Kier molecular flexibility index (Phi) is 7.02. The number of hydrogen-bond donors (Lipinski definition) is 0. The zero-order valence-corrected chi connectivity index (χ0v) is 33.6. The van der Waals surface area contributed by atoms with Crippen LogP contribution in [-0.4, -0.2) is 19.5 Å². The molecule has 0 amide bonds. The molecule has 292 valence electrons. The Morgan fingerprint density at radius 1 is 0.317 bits per heavy atom. The summed E-state index contributed by atoms with van der Waals surface area (Å²) in [4.78, 5) is 16.3. The third-order valence-electron chi connectivity index (χ3n) is 12.8. The molecule has 0 saturated carbocycles. The van der Waals surface area contributed by atoms with Crippen LogP contribution in [-0.2, 0) is 0 Å². The van der Waals surface area contributed by atoms with Crippen molar-refractivity contribution in [3.63, 3.8) is 0 Å². The lowest BCUT2D eigenvalue weighted by Crippen LogP contribution is -2.02. The van der Waals surface area contributed by atoms with Crippen LogP contribution in [0.4, 0.5) is 0 Å². The molecule has 63 heavy (non-hydrogen) atoms. The summed E-state index contributed by atoms with van der Waals surface area (Å²) in [7, 11) is 0. The predicted octanol–water partition coefficient (Wildman–Crippen LogP) is 15.2. The minimum absolute atomic E-state index is 0.543. The van der Waals surface area contributed by atoms with E-state index in [4.69, 9.17) is 23.8 Å². The molecule has 0 unspecified atom stereocenters. The van der Waals surface area contributed by atoms with Crippen LogP contribution in [0.2, 0.25) is 0 Å². The van der Waals surface area contributed by atoms with Gasteiger partial charge in [-0.2, -0.15) is 0 Å². The molecule has 0 atom stereocenters. The average Bonchev–Trinajstić information content (AvgIpc) is 4.02. The number of aromatic nitrogens is 4. The van der Waals surface area contributed by atoms with Gasteiger partial charge >= 0.3 is 0 Å². The van der Waals surface area contributed by atoms with Gasteiger partial charge in [-0.3, -0.25) is 0 Å². The summed E-state index contributed by atoms with van der Waals surface area (Å²) in [6, 6.07) is 68.0. The molecule has 0 spiro atoms. The maximum absolute atomic E-state index is 7.05. The van der Waals surface area contributed by atoms with Crippen molar-refractivity contribution in [2.45, 2.75) is 0 Å². The molecule has 14 aromatic rings. The highest BCUT2D eigenvalue weighted by atomic mass is 16.3. The van der Waals surface area contributed by atoms with Crippen molar-refractivity contribution in [2.24, 2.45) is 0 Å². The molecule has 14 rings (SSSR count). The van der Waals surface area contributed by atoms with Gasteiger partial charge in [-0.15, -0.1) is 0 Å². The molecule has 0 radical (unpaired) electrons. The van der Waals surface area contributed by atoms with Crippen molar-refractivity contribution in [1.82, 2.24) is 19.5 Å². The van der Waals surface area contributed by atoms with Gasteiger partial charge in [0.2, 0.25) is 0 Å². The molecule has 6 nitrogen and oxygen atoms in total. The monoisotopic (exact) mass is 804 g/mol. The summed E-state index contributed by atoms with van der Waals surface area (Å²) in [6.07, 6.45) is 0. The fraction of sp³-hybridized carbons (Fsp3) is 0. The van der Waals surface area contributed by atoms with Crippen LogP contribution >= 0.6 is 0 Å². The van der Waals surface area contributed by atoms with E-state index in [2.05, 4.69) is 168 Å². The van der Waals surface area contributed by atoms with Gasteiger partial charge in [-0.1, -0.05) is 146 Å². The first-order valence-corrected chi connectivity index (χ1v) is 21.2. The Bertz CT molecular complexity index is 4230. The molecule has 0 bridgehead atoms. The molecule has 10 aromatic carbocycles. The highest BCUT2D eigenvalue weighted by Crippen LogP contribution is 2.44. The zero-order chi connectivity index (χ0) is 41.2. The normalized spacial score (nSPS) is 12.1. The molecular formula is C57H32N4O2. The summed E-state index contributed by atoms with van der Waals surface area (Å²) in [5.74, 6) is 1.68. The van der Waals surface area contributed by atoms with E-state index < -0.39 is 0 Å². The predicted molar refractivity (Wildman–Crippen MR) is 258 cm³/mol. The van der Waals surface area contributed by atoms with Crippen molar-refractivity contribution in [2.75, 3.05) is 0 Å². The molecule has 0 saturated heterocycles. The number of nitrogens with zero attached hydrogens (tertiary/aromatic N) is 4. The first-order valence-electron chi connectivity index (χ1n) is 21.2. The maximum Gasteiger partial charge on any atom is 0.164 e. The van der Waals surface area contributed by atoms with Gasteiger partial charge in [0, 0.05) is 60.5 Å². The summed E-state index contributed by atoms with van der Waals surface area (Å²) in [6.45, 7) is 0. The van der Waals surface area contributed by atoms with Crippen molar-refractivity contribution in [1.29, 1.82) is 0 Å². The van der Waals surface area contributed by atoms with Crippen LogP contribution in [0.1, 0.15) is 0 Å². The van der Waals surface area contributed by atoms with Crippen LogP contribution < -0.4 is 0 Å². The van der Waals surface area contributed by atoms with Gasteiger partial charge in [0.25, 0.3) is 0 Å². The first-order chi connectivity index (χ1) is 31.2. The molecule has 4 heterocycles. The lowest BCUT2D eigenvalue weighted by Gasteiger charge is -2.14. The van der Waals surface area contributed by atoms with Crippen molar-refractivity contribution in [3.8, 4) is 39.9 Å². The standard InChI is InChI=1S/C57H32N4O2/c1-2-16-36-30-48-45(29-35(36)15-1)40-20-7-9-24-47(40)61(48)37-31-46(53-43-28-27-34-14-4-6-19-39(34)54(43)63-51(53)32-37)57-59-55(41-22-11-17-33-13-3-5-18-38(33)41)58-56(60-57)44-23-12-26-50-52(44)42-21-8-10-25-49(42)62-50/h1-32H. The van der Waals surface area contributed by atoms with Crippen molar-refractivity contribution in [3.05, 3.63) is 194 Å². The SMILES string of the molecule is c1ccc2cc3c(cc2c1)c1ccccc1n3-c1cc(-c2nc(-c3cccc4ccccc34)nc(-c3cccc4oc5ccccc5c34)n2)c2c(c1)oc1c3ccccc3ccc12. The van der Waals surface area contributed by atoms with Crippen molar-refractivity contribution >= 4 is 98.0 Å². The van der Waals surface area contributed by atoms with E-state index >= 15 is 0 Å². The van der Waals surface area contributed by atoms with Gasteiger partial charge in [0.05, 0.1) is 16.7 Å². The molecule has 0 aliphatic rings. The molecule has 4 aromatic heterocycles. The van der Waals surface area contributed by atoms with Crippen molar-refractivity contribution < 1.29 is 8.83 Å². The average molecular weight is 805 g/mol. The fourth-order valence-electron chi connectivity index (χ4n) is 9.98.